The molecule has 1 atom stereocenters. The fourth-order valence-corrected chi connectivity index (χ4v) is 3.87. The summed E-state index contributed by atoms with van der Waals surface area (Å²) in [4.78, 5) is 33.6. The number of hydrogen-bond acceptors (Lipinski definition) is 6. The summed E-state index contributed by atoms with van der Waals surface area (Å²) in [6.45, 7) is 1.83. The van der Waals surface area contributed by atoms with Crippen LogP contribution in [0, 0.1) is 5.82 Å². The zero-order valence-corrected chi connectivity index (χ0v) is 18.0. The smallest absolute Gasteiger partial charge is 0.267 e. The summed E-state index contributed by atoms with van der Waals surface area (Å²) in [5.74, 6) is 0.176. The minimum absolute atomic E-state index is 0.00411. The van der Waals surface area contributed by atoms with Crippen LogP contribution in [-0.4, -0.2) is 29.5 Å². The Hall–Kier alpha value is -3.56. The Balaban J connectivity index is 1.73. The fraction of sp³-hybridized carbons (Fsp3) is 0.0952. The van der Waals surface area contributed by atoms with Crippen molar-refractivity contribution >= 4 is 51.1 Å². The van der Waals surface area contributed by atoms with Crippen molar-refractivity contribution in [1.29, 1.82) is 0 Å². The van der Waals surface area contributed by atoms with Crippen molar-refractivity contribution in [2.24, 2.45) is 0 Å². The summed E-state index contributed by atoms with van der Waals surface area (Å²) in [5, 5.41) is 3.48. The molecule has 0 saturated carbocycles. The van der Waals surface area contributed by atoms with Crippen molar-refractivity contribution < 1.29 is 4.39 Å². The molecule has 2 aromatic carbocycles. The molecule has 11 heteroatoms. The third kappa shape index (κ3) is 3.35. The van der Waals surface area contributed by atoms with Crippen LogP contribution in [0.3, 0.4) is 0 Å². The van der Waals surface area contributed by atoms with Gasteiger partial charge in [-0.25, -0.2) is 24.3 Å². The third-order valence-electron chi connectivity index (χ3n) is 5.00. The Morgan fingerprint density at radius 3 is 2.66 bits per heavy atom. The lowest BCUT2D eigenvalue weighted by atomic mass is 10.2. The Labute approximate surface area is 190 Å². The molecule has 8 nitrogen and oxygen atoms in total. The predicted molar refractivity (Wildman–Crippen MR) is 121 cm³/mol. The number of H-pyrrole nitrogens is 1. The molecule has 0 aliphatic carbocycles. The monoisotopic (exact) mass is 469 g/mol. The van der Waals surface area contributed by atoms with Crippen LogP contribution in [0.1, 0.15) is 18.8 Å². The minimum atomic E-state index is -0.692. The van der Waals surface area contributed by atoms with E-state index in [9.17, 15) is 9.18 Å². The molecule has 0 saturated heterocycles. The molecule has 0 radical (unpaired) electrons. The van der Waals surface area contributed by atoms with Gasteiger partial charge >= 0.3 is 0 Å². The summed E-state index contributed by atoms with van der Waals surface area (Å²) >= 11 is 12.2. The highest BCUT2D eigenvalue weighted by Crippen LogP contribution is 2.27. The highest BCUT2D eigenvalue weighted by atomic mass is 35.5. The number of aromatic nitrogens is 6. The number of fused-ring (bicyclic) bond motifs is 2. The maximum absolute atomic E-state index is 14.1. The van der Waals surface area contributed by atoms with Crippen LogP contribution in [-0.2, 0) is 0 Å². The molecule has 160 valence electrons. The van der Waals surface area contributed by atoms with Crippen LogP contribution >= 0.6 is 23.2 Å². The lowest BCUT2D eigenvalue weighted by Gasteiger charge is -2.20. The predicted octanol–water partition coefficient (Wildman–Crippen LogP) is 4.67. The number of aromatic amines is 1. The molecule has 0 bridgehead atoms. The first-order valence-corrected chi connectivity index (χ1v) is 10.3. The molecule has 2 N–H and O–H groups in total. The van der Waals surface area contributed by atoms with Crippen molar-refractivity contribution in [2.45, 2.75) is 13.0 Å². The molecule has 0 amide bonds. The van der Waals surface area contributed by atoms with Gasteiger partial charge in [-0.3, -0.25) is 9.36 Å². The summed E-state index contributed by atoms with van der Waals surface area (Å²) in [7, 11) is 0. The van der Waals surface area contributed by atoms with E-state index in [1.165, 1.54) is 29.4 Å². The molecular weight excluding hydrogens is 456 g/mol. The number of rotatable bonds is 4. The highest BCUT2D eigenvalue weighted by molar-refractivity contribution is 6.35. The first kappa shape index (κ1) is 20.3. The van der Waals surface area contributed by atoms with Gasteiger partial charge in [-0.2, -0.15) is 0 Å². The van der Waals surface area contributed by atoms with Gasteiger partial charge in [-0.05, 0) is 43.3 Å². The third-order valence-corrected chi connectivity index (χ3v) is 5.62. The van der Waals surface area contributed by atoms with E-state index in [1.807, 2.05) is 6.92 Å². The molecule has 5 aromatic rings. The second kappa shape index (κ2) is 7.85. The van der Waals surface area contributed by atoms with E-state index in [1.54, 1.807) is 24.3 Å². The van der Waals surface area contributed by atoms with E-state index in [-0.39, 0.29) is 15.9 Å². The molecule has 3 aromatic heterocycles. The Bertz CT molecular complexity index is 1530. The first-order valence-electron chi connectivity index (χ1n) is 9.51. The topological polar surface area (TPSA) is 101 Å². The van der Waals surface area contributed by atoms with Crippen LogP contribution in [0.25, 0.3) is 27.8 Å². The molecule has 3 heterocycles. The minimum Gasteiger partial charge on any atom is -0.358 e. The van der Waals surface area contributed by atoms with Gasteiger partial charge in [-0.1, -0.05) is 23.2 Å². The Morgan fingerprint density at radius 2 is 1.88 bits per heavy atom. The molecule has 0 spiro atoms. The van der Waals surface area contributed by atoms with E-state index < -0.39 is 17.4 Å². The summed E-state index contributed by atoms with van der Waals surface area (Å²) in [6.07, 6.45) is 2.91. The van der Waals surface area contributed by atoms with Gasteiger partial charge in [0.15, 0.2) is 11.5 Å². The standard InChI is InChI=1S/C21H14Cl2FN7O/c1-10(29-19-17-18(26-8-25-17)27-9-28-19)20-30-14-7-6-13(24)16(23)15(14)21(32)31(20)12-4-2-11(22)3-5-12/h2-10H,1H3,(H2,25,26,27,28,29)/t10-/m1/s1. The number of hydrogen-bond donors (Lipinski definition) is 2. The maximum Gasteiger partial charge on any atom is 0.267 e. The first-order chi connectivity index (χ1) is 15.4. The number of nitrogens with one attached hydrogen (secondary N) is 2. The molecule has 0 fully saturated rings. The molecule has 0 aliphatic rings. The molecular formula is C21H14Cl2FN7O. The Kier molecular flexibility index (Phi) is 4.99. The summed E-state index contributed by atoms with van der Waals surface area (Å²) in [5.41, 5.74) is 1.40. The molecule has 0 unspecified atom stereocenters. The zero-order valence-electron chi connectivity index (χ0n) is 16.5. The van der Waals surface area contributed by atoms with Gasteiger partial charge in [-0.15, -0.1) is 0 Å². The quantitative estimate of drug-likeness (QED) is 0.396. The highest BCUT2D eigenvalue weighted by Gasteiger charge is 2.22. The lowest BCUT2D eigenvalue weighted by Crippen LogP contribution is -2.27. The van der Waals surface area contributed by atoms with Crippen molar-refractivity contribution in [3.63, 3.8) is 0 Å². The van der Waals surface area contributed by atoms with Gasteiger partial charge in [0.25, 0.3) is 5.56 Å². The van der Waals surface area contributed by atoms with E-state index in [0.717, 1.165) is 0 Å². The van der Waals surface area contributed by atoms with Crippen molar-refractivity contribution in [1.82, 2.24) is 29.5 Å². The molecule has 0 aliphatic heterocycles. The van der Waals surface area contributed by atoms with Crippen molar-refractivity contribution in [3.8, 4) is 5.69 Å². The fourth-order valence-electron chi connectivity index (χ4n) is 3.50. The van der Waals surface area contributed by atoms with Gasteiger partial charge in [0.1, 0.15) is 23.5 Å². The second-order valence-electron chi connectivity index (χ2n) is 7.03. The van der Waals surface area contributed by atoms with Crippen LogP contribution in [0.4, 0.5) is 10.2 Å². The number of nitrogens with zero attached hydrogens (tertiary/aromatic N) is 5. The van der Waals surface area contributed by atoms with E-state index in [0.29, 0.717) is 33.5 Å². The van der Waals surface area contributed by atoms with Gasteiger partial charge in [0.05, 0.1) is 34.0 Å². The SMILES string of the molecule is C[C@@H](Nc1ncnc2nc[nH]c12)c1nc2ccc(F)c(Cl)c2c(=O)n1-c1ccc(Cl)cc1. The van der Waals surface area contributed by atoms with Gasteiger partial charge in [0, 0.05) is 5.02 Å². The molecule has 5 rings (SSSR count). The van der Waals surface area contributed by atoms with Crippen molar-refractivity contribution in [2.75, 3.05) is 5.32 Å². The number of imidazole rings is 1. The number of anilines is 1. The van der Waals surface area contributed by atoms with Gasteiger partial charge in [0.2, 0.25) is 0 Å². The van der Waals surface area contributed by atoms with E-state index >= 15 is 0 Å². The lowest BCUT2D eigenvalue weighted by molar-refractivity contribution is 0.629. The van der Waals surface area contributed by atoms with Crippen LogP contribution in [0.5, 0.6) is 0 Å². The normalized spacial score (nSPS) is 12.4. The van der Waals surface area contributed by atoms with Crippen LogP contribution in [0.15, 0.2) is 53.8 Å². The van der Waals surface area contributed by atoms with E-state index in [4.69, 9.17) is 23.2 Å². The summed E-state index contributed by atoms with van der Waals surface area (Å²) < 4.78 is 15.5. The Morgan fingerprint density at radius 1 is 1.09 bits per heavy atom. The average Bonchev–Trinajstić information content (AvgIpc) is 3.27. The molecule has 32 heavy (non-hydrogen) atoms. The number of benzene rings is 2. The van der Waals surface area contributed by atoms with Gasteiger partial charge < -0.3 is 10.3 Å². The van der Waals surface area contributed by atoms with Crippen LogP contribution in [0.2, 0.25) is 10.0 Å². The van der Waals surface area contributed by atoms with E-state index in [2.05, 4.69) is 30.2 Å². The van der Waals surface area contributed by atoms with Crippen molar-refractivity contribution in [3.05, 3.63) is 81.1 Å². The zero-order chi connectivity index (χ0) is 22.4. The second-order valence-corrected chi connectivity index (χ2v) is 7.85. The number of halogens is 3. The van der Waals surface area contributed by atoms with Crippen LogP contribution < -0.4 is 10.9 Å². The largest absolute Gasteiger partial charge is 0.358 e. The summed E-state index contributed by atoms with van der Waals surface area (Å²) in [6, 6.07) is 8.79. The maximum atomic E-state index is 14.1. The average molecular weight is 470 g/mol.